The molecule has 1 unspecified atom stereocenters. The van der Waals surface area contributed by atoms with E-state index < -0.39 is 0 Å². The number of ether oxygens (including phenoxy) is 2. The van der Waals surface area contributed by atoms with Gasteiger partial charge in [-0.2, -0.15) is 0 Å². The van der Waals surface area contributed by atoms with Crippen LogP contribution in [0.5, 0.6) is 11.5 Å². The predicted molar refractivity (Wildman–Crippen MR) is 134 cm³/mol. The molecule has 0 aliphatic heterocycles. The van der Waals surface area contributed by atoms with Crippen LogP contribution in [0.2, 0.25) is 0 Å². The van der Waals surface area contributed by atoms with Crippen molar-refractivity contribution >= 4 is 5.91 Å². The molecule has 0 aromatic heterocycles. The van der Waals surface area contributed by atoms with Crippen LogP contribution in [0, 0.1) is 0 Å². The van der Waals surface area contributed by atoms with Gasteiger partial charge in [0, 0.05) is 25.4 Å². The van der Waals surface area contributed by atoms with Crippen LogP contribution in [0.25, 0.3) is 0 Å². The van der Waals surface area contributed by atoms with Gasteiger partial charge in [-0.05, 0) is 61.2 Å². The smallest absolute Gasteiger partial charge is 0.222 e. The fraction of sp³-hybridized carbons (Fsp3) is 0.345. The third-order valence-electron chi connectivity index (χ3n) is 5.73. The van der Waals surface area contributed by atoms with Gasteiger partial charge in [0.2, 0.25) is 5.91 Å². The van der Waals surface area contributed by atoms with Crippen molar-refractivity contribution in [3.05, 3.63) is 95.6 Å². The summed E-state index contributed by atoms with van der Waals surface area (Å²) in [6.07, 6.45) is 1.48. The van der Waals surface area contributed by atoms with Gasteiger partial charge in [0.15, 0.2) is 0 Å². The summed E-state index contributed by atoms with van der Waals surface area (Å²) in [5.41, 5.74) is 3.58. The van der Waals surface area contributed by atoms with Crippen LogP contribution in [0.15, 0.2) is 78.9 Å². The van der Waals surface area contributed by atoms with Crippen LogP contribution < -0.4 is 9.47 Å². The van der Waals surface area contributed by atoms with Gasteiger partial charge in [0.05, 0.1) is 13.2 Å². The van der Waals surface area contributed by atoms with Crippen molar-refractivity contribution in [1.82, 2.24) is 4.90 Å². The van der Waals surface area contributed by atoms with Crippen LogP contribution in [0.1, 0.15) is 56.2 Å². The normalized spacial score (nSPS) is 11.8. The topological polar surface area (TPSA) is 38.8 Å². The summed E-state index contributed by atoms with van der Waals surface area (Å²) in [5, 5.41) is 0. The zero-order valence-electron chi connectivity index (χ0n) is 20.2. The van der Waals surface area contributed by atoms with Crippen molar-refractivity contribution in [1.29, 1.82) is 0 Å². The van der Waals surface area contributed by atoms with Gasteiger partial charge in [0.1, 0.15) is 11.5 Å². The number of amides is 1. The van der Waals surface area contributed by atoms with Gasteiger partial charge in [-0.25, -0.2) is 0 Å². The number of hydrogen-bond acceptors (Lipinski definition) is 3. The Hall–Kier alpha value is -3.27. The number of carbonyl (C=O) groups excluding carboxylic acids is 1. The minimum atomic E-state index is 0.146. The van der Waals surface area contributed by atoms with E-state index in [0.29, 0.717) is 19.5 Å². The molecule has 0 heterocycles. The first-order valence-corrected chi connectivity index (χ1v) is 11.7. The number of nitrogens with zero attached hydrogens (tertiary/aromatic N) is 1. The Morgan fingerprint density at radius 1 is 0.848 bits per heavy atom. The lowest BCUT2D eigenvalue weighted by molar-refractivity contribution is -0.131. The molecule has 4 heteroatoms. The Kier molecular flexibility index (Phi) is 8.94. The lowest BCUT2D eigenvalue weighted by Crippen LogP contribution is -2.31. The van der Waals surface area contributed by atoms with E-state index in [4.69, 9.17) is 9.47 Å². The molecular weight excluding hydrogens is 410 g/mol. The summed E-state index contributed by atoms with van der Waals surface area (Å²) in [4.78, 5) is 14.7. The van der Waals surface area contributed by atoms with Crippen molar-refractivity contribution in [2.45, 2.75) is 52.2 Å². The summed E-state index contributed by atoms with van der Waals surface area (Å²) >= 11 is 0. The number of hydrogen-bond donors (Lipinski definition) is 0. The molecule has 0 spiro atoms. The van der Waals surface area contributed by atoms with E-state index in [2.05, 4.69) is 36.4 Å². The first-order chi connectivity index (χ1) is 16.0. The van der Waals surface area contributed by atoms with Gasteiger partial charge < -0.3 is 14.4 Å². The zero-order valence-corrected chi connectivity index (χ0v) is 20.2. The Labute approximate surface area is 198 Å². The second-order valence-corrected chi connectivity index (χ2v) is 8.50. The highest BCUT2D eigenvalue weighted by molar-refractivity contribution is 5.75. The van der Waals surface area contributed by atoms with Gasteiger partial charge in [0.25, 0.3) is 0 Å². The molecule has 0 bridgehead atoms. The molecule has 3 rings (SSSR count). The Morgan fingerprint density at radius 2 is 1.45 bits per heavy atom. The summed E-state index contributed by atoms with van der Waals surface area (Å²) in [7, 11) is 1.66. The second kappa shape index (κ2) is 12.1. The molecule has 3 aromatic carbocycles. The molecule has 1 amide bonds. The molecule has 0 aliphatic carbocycles. The van der Waals surface area contributed by atoms with Crippen molar-refractivity contribution in [2.24, 2.45) is 0 Å². The van der Waals surface area contributed by atoms with E-state index in [0.717, 1.165) is 23.5 Å². The average molecular weight is 446 g/mol. The number of methoxy groups -OCH3 is 1. The Balaban J connectivity index is 1.79. The molecule has 33 heavy (non-hydrogen) atoms. The minimum Gasteiger partial charge on any atom is -0.497 e. The van der Waals surface area contributed by atoms with E-state index in [1.54, 1.807) is 7.11 Å². The SMILES string of the molecule is CCC(=O)N(CCC(c1ccccc1)c1ccc(OC(C)C)cc1)Cc1ccc(OC)cc1. The van der Waals surface area contributed by atoms with Crippen molar-refractivity contribution in [3.63, 3.8) is 0 Å². The molecular formula is C29H35NO3. The van der Waals surface area contributed by atoms with E-state index in [9.17, 15) is 4.79 Å². The van der Waals surface area contributed by atoms with E-state index >= 15 is 0 Å². The third kappa shape index (κ3) is 7.11. The number of carbonyl (C=O) groups is 1. The lowest BCUT2D eigenvalue weighted by atomic mass is 9.88. The van der Waals surface area contributed by atoms with Crippen molar-refractivity contribution in [2.75, 3.05) is 13.7 Å². The molecule has 0 radical (unpaired) electrons. The Morgan fingerprint density at radius 3 is 2.03 bits per heavy atom. The van der Waals surface area contributed by atoms with Gasteiger partial charge in [-0.15, -0.1) is 0 Å². The number of rotatable bonds is 11. The molecule has 4 nitrogen and oxygen atoms in total. The predicted octanol–water partition coefficient (Wildman–Crippen LogP) is 6.44. The molecule has 0 saturated heterocycles. The van der Waals surface area contributed by atoms with Gasteiger partial charge in [-0.1, -0.05) is 61.5 Å². The fourth-order valence-electron chi connectivity index (χ4n) is 4.01. The highest BCUT2D eigenvalue weighted by Gasteiger charge is 2.19. The highest BCUT2D eigenvalue weighted by atomic mass is 16.5. The van der Waals surface area contributed by atoms with Crippen LogP contribution in [-0.2, 0) is 11.3 Å². The molecule has 0 fully saturated rings. The van der Waals surface area contributed by atoms with Crippen LogP contribution in [0.3, 0.4) is 0 Å². The molecule has 0 N–H and O–H groups in total. The first kappa shape index (κ1) is 24.4. The van der Waals surface area contributed by atoms with Crippen molar-refractivity contribution < 1.29 is 14.3 Å². The number of benzene rings is 3. The molecule has 0 aliphatic rings. The van der Waals surface area contributed by atoms with Crippen LogP contribution >= 0.6 is 0 Å². The minimum absolute atomic E-state index is 0.146. The van der Waals surface area contributed by atoms with E-state index in [1.165, 1.54) is 11.1 Å². The molecule has 0 saturated carbocycles. The van der Waals surface area contributed by atoms with Gasteiger partial charge in [-0.3, -0.25) is 4.79 Å². The van der Waals surface area contributed by atoms with Crippen molar-refractivity contribution in [3.8, 4) is 11.5 Å². The fourth-order valence-corrected chi connectivity index (χ4v) is 4.01. The monoisotopic (exact) mass is 445 g/mol. The summed E-state index contributed by atoms with van der Waals surface area (Å²) in [6, 6.07) is 26.8. The van der Waals surface area contributed by atoms with Crippen LogP contribution in [-0.4, -0.2) is 30.6 Å². The molecule has 1 atom stereocenters. The quantitative estimate of drug-likeness (QED) is 0.341. The summed E-state index contributed by atoms with van der Waals surface area (Å²) < 4.78 is 11.1. The third-order valence-corrected chi connectivity index (χ3v) is 5.73. The Bertz CT molecular complexity index is 982. The summed E-state index contributed by atoms with van der Waals surface area (Å²) in [6.45, 7) is 7.26. The van der Waals surface area contributed by atoms with Gasteiger partial charge >= 0.3 is 0 Å². The standard InChI is InChI=1S/C29H35NO3/c1-5-29(31)30(21-23-11-15-26(32-4)16-12-23)20-19-28(24-9-7-6-8-10-24)25-13-17-27(18-14-25)33-22(2)3/h6-18,22,28H,5,19-21H2,1-4H3. The summed E-state index contributed by atoms with van der Waals surface area (Å²) in [5.74, 6) is 2.06. The maximum absolute atomic E-state index is 12.8. The first-order valence-electron chi connectivity index (χ1n) is 11.7. The molecule has 174 valence electrons. The van der Waals surface area contributed by atoms with E-state index in [-0.39, 0.29) is 17.9 Å². The molecule has 3 aromatic rings. The zero-order chi connectivity index (χ0) is 23.6. The van der Waals surface area contributed by atoms with Crippen LogP contribution in [0.4, 0.5) is 0 Å². The second-order valence-electron chi connectivity index (χ2n) is 8.50. The van der Waals surface area contributed by atoms with E-state index in [1.807, 2.05) is 68.1 Å². The highest BCUT2D eigenvalue weighted by Crippen LogP contribution is 2.30. The average Bonchev–Trinajstić information content (AvgIpc) is 2.84. The lowest BCUT2D eigenvalue weighted by Gasteiger charge is -2.26. The maximum Gasteiger partial charge on any atom is 0.222 e. The maximum atomic E-state index is 12.8. The largest absolute Gasteiger partial charge is 0.497 e.